The highest BCUT2D eigenvalue weighted by molar-refractivity contribution is 6.32. The molecule has 1 aromatic carbocycles. The number of aryl methyl sites for hydroxylation is 1. The first-order valence-corrected chi connectivity index (χ1v) is 2.93. The van der Waals surface area contributed by atoms with Crippen LogP contribution in [0.4, 0.5) is 13.2 Å². The average molecular weight is 156 g/mol. The van der Waals surface area contributed by atoms with Gasteiger partial charge in [-0.2, -0.15) is 0 Å². The number of halogens is 3. The minimum atomic E-state index is -1.33. The van der Waals surface area contributed by atoms with Crippen LogP contribution in [0.2, 0.25) is 0 Å². The lowest BCUT2D eigenvalue weighted by Crippen LogP contribution is -2.17. The maximum Gasteiger partial charge on any atom is 0.158 e. The van der Waals surface area contributed by atoms with E-state index in [1.807, 2.05) is 0 Å². The summed E-state index contributed by atoms with van der Waals surface area (Å²) in [5.74, 6) is -3.35. The summed E-state index contributed by atoms with van der Waals surface area (Å²) >= 11 is 0. The van der Waals surface area contributed by atoms with Gasteiger partial charge >= 0.3 is 0 Å². The Morgan fingerprint density at radius 1 is 1.18 bits per heavy atom. The van der Waals surface area contributed by atoms with Gasteiger partial charge in [0.15, 0.2) is 11.6 Å². The maximum absolute atomic E-state index is 12.6. The highest BCUT2D eigenvalue weighted by Gasteiger charge is 2.11. The van der Waals surface area contributed by atoms with Crippen molar-refractivity contribution in [1.82, 2.24) is 0 Å². The molecule has 4 heteroatoms. The Bertz CT molecular complexity index is 270. The van der Waals surface area contributed by atoms with Crippen molar-refractivity contribution in [2.45, 2.75) is 6.92 Å². The van der Waals surface area contributed by atoms with Crippen molar-refractivity contribution in [1.29, 1.82) is 0 Å². The minimum absolute atomic E-state index is 0.00130. The van der Waals surface area contributed by atoms with Gasteiger partial charge in [-0.15, -0.1) is 0 Å². The van der Waals surface area contributed by atoms with Crippen LogP contribution in [0.5, 0.6) is 0 Å². The van der Waals surface area contributed by atoms with E-state index >= 15 is 0 Å². The van der Waals surface area contributed by atoms with Crippen LogP contribution in [-0.4, -0.2) is 7.85 Å². The molecule has 0 nitrogen and oxygen atoms in total. The zero-order valence-corrected chi connectivity index (χ0v) is 5.79. The van der Waals surface area contributed by atoms with Crippen LogP contribution in [0, 0.1) is 24.4 Å². The fourth-order valence-electron chi connectivity index (χ4n) is 0.754. The normalized spacial score (nSPS) is 10.2. The number of benzene rings is 1. The van der Waals surface area contributed by atoms with E-state index in [0.717, 1.165) is 6.07 Å². The Labute approximate surface area is 63.4 Å². The molecule has 0 bridgehead atoms. The van der Waals surface area contributed by atoms with E-state index in [0.29, 0.717) is 0 Å². The van der Waals surface area contributed by atoms with Crippen LogP contribution in [-0.2, 0) is 0 Å². The lowest BCUT2D eigenvalue weighted by Gasteiger charge is -2.02. The summed E-state index contributed by atoms with van der Waals surface area (Å²) in [6.07, 6.45) is 0. The first-order valence-electron chi connectivity index (χ1n) is 2.93. The highest BCUT2D eigenvalue weighted by atomic mass is 19.2. The zero-order chi connectivity index (χ0) is 8.59. The van der Waals surface area contributed by atoms with Gasteiger partial charge in [0.05, 0.1) is 0 Å². The summed E-state index contributed by atoms with van der Waals surface area (Å²) in [7, 11) is 4.89. The Morgan fingerprint density at radius 2 is 1.73 bits per heavy atom. The van der Waals surface area contributed by atoms with Crippen molar-refractivity contribution in [2.24, 2.45) is 0 Å². The van der Waals surface area contributed by atoms with E-state index in [9.17, 15) is 13.2 Å². The monoisotopic (exact) mass is 156 g/mol. The topological polar surface area (TPSA) is 0 Å². The largest absolute Gasteiger partial charge is 0.207 e. The van der Waals surface area contributed by atoms with Crippen molar-refractivity contribution in [3.05, 3.63) is 29.1 Å². The van der Waals surface area contributed by atoms with Gasteiger partial charge in [0.2, 0.25) is 0 Å². The molecule has 0 N–H and O–H groups in total. The van der Waals surface area contributed by atoms with Gasteiger partial charge in [0.1, 0.15) is 13.7 Å². The van der Waals surface area contributed by atoms with Crippen molar-refractivity contribution >= 4 is 13.3 Å². The van der Waals surface area contributed by atoms with Gasteiger partial charge in [-0.05, 0) is 24.0 Å². The second-order valence-electron chi connectivity index (χ2n) is 2.22. The molecule has 0 saturated carbocycles. The molecule has 0 spiro atoms. The predicted octanol–water partition coefficient (Wildman–Crippen LogP) is 1.21. The SMILES string of the molecule is [B]c1c(F)c(C)cc(F)c1F. The van der Waals surface area contributed by atoms with E-state index in [1.54, 1.807) is 0 Å². The Balaban J connectivity index is 3.46. The standard InChI is InChI=1S/C7H4BF3/c1-3-2-4(9)7(11)5(8)6(3)10/h2H,1H3. The fraction of sp³-hybridized carbons (Fsp3) is 0.143. The quantitative estimate of drug-likeness (QED) is 0.391. The molecule has 0 aliphatic heterocycles. The van der Waals surface area contributed by atoms with Gasteiger partial charge in [-0.1, -0.05) is 0 Å². The molecule has 0 saturated heterocycles. The molecule has 0 atom stereocenters. The Hall–Kier alpha value is -0.925. The minimum Gasteiger partial charge on any atom is -0.207 e. The summed E-state index contributed by atoms with van der Waals surface area (Å²) in [4.78, 5) is 0. The molecular formula is C7H4BF3. The smallest absolute Gasteiger partial charge is 0.158 e. The van der Waals surface area contributed by atoms with E-state index in [2.05, 4.69) is 0 Å². The van der Waals surface area contributed by atoms with Crippen molar-refractivity contribution in [3.63, 3.8) is 0 Å². The fourth-order valence-corrected chi connectivity index (χ4v) is 0.754. The van der Waals surface area contributed by atoms with Gasteiger partial charge < -0.3 is 0 Å². The number of hydrogen-bond acceptors (Lipinski definition) is 0. The molecule has 11 heavy (non-hydrogen) atoms. The second-order valence-corrected chi connectivity index (χ2v) is 2.22. The third-order valence-corrected chi connectivity index (χ3v) is 1.37. The van der Waals surface area contributed by atoms with Crippen molar-refractivity contribution in [2.75, 3.05) is 0 Å². The lowest BCUT2D eigenvalue weighted by atomic mass is 9.92. The molecule has 0 aliphatic rings. The molecule has 2 radical (unpaired) electrons. The summed E-state index contributed by atoms with van der Waals surface area (Å²) in [6, 6.07) is 0.765. The van der Waals surface area contributed by atoms with E-state index in [4.69, 9.17) is 7.85 Å². The summed E-state index contributed by atoms with van der Waals surface area (Å²) < 4.78 is 37.5. The molecule has 1 aromatic rings. The first-order chi connectivity index (χ1) is 5.04. The number of rotatable bonds is 0. The highest BCUT2D eigenvalue weighted by Crippen LogP contribution is 2.08. The predicted molar refractivity (Wildman–Crippen MR) is 36.4 cm³/mol. The van der Waals surface area contributed by atoms with Crippen molar-refractivity contribution in [3.8, 4) is 0 Å². The molecule has 0 amide bonds. The van der Waals surface area contributed by atoms with Crippen LogP contribution < -0.4 is 5.46 Å². The molecular weight excluding hydrogens is 152 g/mol. The van der Waals surface area contributed by atoms with Gasteiger partial charge in [-0.3, -0.25) is 0 Å². The Morgan fingerprint density at radius 3 is 2.27 bits per heavy atom. The molecule has 0 heterocycles. The van der Waals surface area contributed by atoms with Crippen molar-refractivity contribution < 1.29 is 13.2 Å². The average Bonchev–Trinajstić information content (AvgIpc) is 1.97. The van der Waals surface area contributed by atoms with Crippen LogP contribution in [0.3, 0.4) is 0 Å². The first kappa shape index (κ1) is 8.17. The summed E-state index contributed by atoms with van der Waals surface area (Å²) in [6.45, 7) is 1.31. The molecule has 0 fully saturated rings. The van der Waals surface area contributed by atoms with Gasteiger partial charge in [0, 0.05) is 0 Å². The lowest BCUT2D eigenvalue weighted by molar-refractivity contribution is 0.501. The molecule has 1 rings (SSSR count). The van der Waals surface area contributed by atoms with E-state index < -0.39 is 22.9 Å². The van der Waals surface area contributed by atoms with Gasteiger partial charge in [-0.25, -0.2) is 13.2 Å². The molecule has 0 aliphatic carbocycles. The number of hydrogen-bond donors (Lipinski definition) is 0. The molecule has 0 unspecified atom stereocenters. The third-order valence-electron chi connectivity index (χ3n) is 1.37. The second kappa shape index (κ2) is 2.60. The van der Waals surface area contributed by atoms with E-state index in [1.165, 1.54) is 6.92 Å². The van der Waals surface area contributed by atoms with Crippen LogP contribution >= 0.6 is 0 Å². The van der Waals surface area contributed by atoms with E-state index in [-0.39, 0.29) is 5.56 Å². The van der Waals surface area contributed by atoms with Crippen LogP contribution in [0.25, 0.3) is 0 Å². The third kappa shape index (κ3) is 1.25. The Kier molecular flexibility index (Phi) is 1.93. The summed E-state index contributed by atoms with van der Waals surface area (Å²) in [5, 5.41) is 0. The summed E-state index contributed by atoms with van der Waals surface area (Å²) in [5.41, 5.74) is -0.760. The maximum atomic E-state index is 12.6. The zero-order valence-electron chi connectivity index (χ0n) is 5.79. The molecule has 56 valence electrons. The van der Waals surface area contributed by atoms with Crippen LogP contribution in [0.15, 0.2) is 6.07 Å². The van der Waals surface area contributed by atoms with Gasteiger partial charge in [0.25, 0.3) is 0 Å². The molecule has 0 aromatic heterocycles. The van der Waals surface area contributed by atoms with Crippen LogP contribution in [0.1, 0.15) is 5.56 Å².